The highest BCUT2D eigenvalue weighted by Crippen LogP contribution is 2.39. The van der Waals surface area contributed by atoms with Gasteiger partial charge in [-0.1, -0.05) is 0 Å². The zero-order valence-corrected chi connectivity index (χ0v) is 13.0. The van der Waals surface area contributed by atoms with Gasteiger partial charge in [-0.25, -0.2) is 4.39 Å². The topological polar surface area (TPSA) is 59.2 Å². The largest absolute Gasteiger partial charge is 0.324 e. The average molecular weight is 311 g/mol. The first kappa shape index (κ1) is 14.3. The molecule has 2 heterocycles. The minimum atomic E-state index is -0.319. The van der Waals surface area contributed by atoms with Crippen molar-refractivity contribution in [1.82, 2.24) is 4.98 Å². The van der Waals surface area contributed by atoms with Gasteiger partial charge in [0, 0.05) is 48.7 Å². The number of aromatic nitrogens is 1. The lowest BCUT2D eigenvalue weighted by Crippen LogP contribution is -2.31. The molecule has 5 heteroatoms. The standard InChI is InChI=1S/C18H18FN3O/c1-22-17-7-15(19)12(6-10(17)2-5-18(22)23)13-8-21-9-14-11(13)3-4-16(14)20/h6-9,16H,2-5,20H2,1H3. The predicted octanol–water partition coefficient (Wildman–Crippen LogP) is 2.74. The van der Waals surface area contributed by atoms with Crippen molar-refractivity contribution in [1.29, 1.82) is 0 Å². The van der Waals surface area contributed by atoms with Gasteiger partial charge in [0.1, 0.15) is 5.82 Å². The summed E-state index contributed by atoms with van der Waals surface area (Å²) in [5, 5.41) is 0. The van der Waals surface area contributed by atoms with E-state index in [-0.39, 0.29) is 17.8 Å². The number of hydrogen-bond donors (Lipinski definition) is 1. The van der Waals surface area contributed by atoms with Crippen LogP contribution >= 0.6 is 0 Å². The Morgan fingerprint density at radius 2 is 2.04 bits per heavy atom. The molecule has 0 fully saturated rings. The number of carbonyl (C=O) groups excluding carboxylic acids is 1. The minimum absolute atomic E-state index is 0.0121. The van der Waals surface area contributed by atoms with Gasteiger partial charge in [0.05, 0.1) is 0 Å². The summed E-state index contributed by atoms with van der Waals surface area (Å²) in [5.74, 6) is -0.293. The minimum Gasteiger partial charge on any atom is -0.324 e. The summed E-state index contributed by atoms with van der Waals surface area (Å²) in [5.41, 5.74) is 11.3. The lowest BCUT2D eigenvalue weighted by Gasteiger charge is -2.26. The molecule has 4 nitrogen and oxygen atoms in total. The van der Waals surface area contributed by atoms with Gasteiger partial charge in [0.15, 0.2) is 0 Å². The molecule has 1 aliphatic carbocycles. The number of rotatable bonds is 1. The molecule has 0 saturated heterocycles. The van der Waals surface area contributed by atoms with Gasteiger partial charge in [-0.15, -0.1) is 0 Å². The zero-order chi connectivity index (χ0) is 16.1. The molecular formula is C18H18FN3O. The van der Waals surface area contributed by atoms with Crippen molar-refractivity contribution in [2.45, 2.75) is 31.7 Å². The summed E-state index contributed by atoms with van der Waals surface area (Å²) in [6, 6.07) is 3.33. The second kappa shape index (κ2) is 5.13. The molecule has 1 unspecified atom stereocenters. The van der Waals surface area contributed by atoms with Gasteiger partial charge >= 0.3 is 0 Å². The van der Waals surface area contributed by atoms with Crippen LogP contribution in [0.3, 0.4) is 0 Å². The van der Waals surface area contributed by atoms with Crippen LogP contribution in [-0.2, 0) is 17.6 Å². The first-order chi connectivity index (χ1) is 11.1. The van der Waals surface area contributed by atoms with Gasteiger partial charge in [-0.05, 0) is 48.1 Å². The smallest absolute Gasteiger partial charge is 0.227 e. The highest BCUT2D eigenvalue weighted by Gasteiger charge is 2.26. The molecule has 23 heavy (non-hydrogen) atoms. The Balaban J connectivity index is 1.87. The lowest BCUT2D eigenvalue weighted by molar-refractivity contribution is -0.118. The van der Waals surface area contributed by atoms with E-state index >= 15 is 0 Å². The third-order valence-electron chi connectivity index (χ3n) is 5.00. The third-order valence-corrected chi connectivity index (χ3v) is 5.00. The first-order valence-corrected chi connectivity index (χ1v) is 7.88. The fourth-order valence-electron chi connectivity index (χ4n) is 3.66. The maximum absolute atomic E-state index is 14.7. The van der Waals surface area contributed by atoms with E-state index in [1.54, 1.807) is 19.4 Å². The molecule has 0 radical (unpaired) electrons. The maximum atomic E-state index is 14.7. The number of amides is 1. The number of aryl methyl sites for hydroxylation is 1. The van der Waals surface area contributed by atoms with Crippen LogP contribution in [0.25, 0.3) is 11.1 Å². The van der Waals surface area contributed by atoms with Crippen LogP contribution in [0.15, 0.2) is 24.5 Å². The number of nitrogens with two attached hydrogens (primary N) is 1. The molecule has 118 valence electrons. The number of nitrogens with zero attached hydrogens (tertiary/aromatic N) is 2. The van der Waals surface area contributed by atoms with Crippen molar-refractivity contribution in [3.05, 3.63) is 47.0 Å². The van der Waals surface area contributed by atoms with E-state index in [9.17, 15) is 9.18 Å². The van der Waals surface area contributed by atoms with Gasteiger partial charge in [-0.2, -0.15) is 0 Å². The van der Waals surface area contributed by atoms with Crippen molar-refractivity contribution in [3.63, 3.8) is 0 Å². The SMILES string of the molecule is CN1C(=O)CCc2cc(-c3cncc4c3CCC4N)c(F)cc21. The maximum Gasteiger partial charge on any atom is 0.227 e. The van der Waals surface area contributed by atoms with Crippen molar-refractivity contribution in [2.24, 2.45) is 5.73 Å². The Morgan fingerprint density at radius 3 is 2.87 bits per heavy atom. The van der Waals surface area contributed by atoms with Gasteiger partial charge in [-0.3, -0.25) is 9.78 Å². The molecule has 1 aromatic heterocycles. The summed E-state index contributed by atoms with van der Waals surface area (Å²) >= 11 is 0. The van der Waals surface area contributed by atoms with Crippen LogP contribution < -0.4 is 10.6 Å². The van der Waals surface area contributed by atoms with Crippen molar-refractivity contribution < 1.29 is 9.18 Å². The molecule has 1 aromatic carbocycles. The number of benzene rings is 1. The Kier molecular flexibility index (Phi) is 3.20. The number of anilines is 1. The quantitative estimate of drug-likeness (QED) is 0.881. The molecule has 1 atom stereocenters. The summed E-state index contributed by atoms with van der Waals surface area (Å²) in [6.07, 6.45) is 6.35. The fourth-order valence-corrected chi connectivity index (χ4v) is 3.66. The molecule has 2 aromatic rings. The van der Waals surface area contributed by atoms with Crippen LogP contribution in [0.1, 0.15) is 35.6 Å². The number of pyridine rings is 1. The van der Waals surface area contributed by atoms with E-state index in [1.807, 2.05) is 6.07 Å². The van der Waals surface area contributed by atoms with Crippen molar-refractivity contribution in [3.8, 4) is 11.1 Å². The number of hydrogen-bond acceptors (Lipinski definition) is 3. The fraction of sp³-hybridized carbons (Fsp3) is 0.333. The van der Waals surface area contributed by atoms with Crippen LogP contribution in [0.4, 0.5) is 10.1 Å². The molecule has 0 bridgehead atoms. The summed E-state index contributed by atoms with van der Waals surface area (Å²) in [4.78, 5) is 17.6. The van der Waals surface area contributed by atoms with Crippen LogP contribution in [0, 0.1) is 5.82 Å². The van der Waals surface area contributed by atoms with Gasteiger partial charge in [0.2, 0.25) is 5.91 Å². The number of carbonyl (C=O) groups is 1. The molecule has 0 spiro atoms. The van der Waals surface area contributed by atoms with Gasteiger partial charge < -0.3 is 10.6 Å². The van der Waals surface area contributed by atoms with E-state index < -0.39 is 0 Å². The molecule has 0 saturated carbocycles. The summed E-state index contributed by atoms with van der Waals surface area (Å²) < 4.78 is 14.7. The monoisotopic (exact) mass is 311 g/mol. The first-order valence-electron chi connectivity index (χ1n) is 7.88. The Labute approximate surface area is 134 Å². The van der Waals surface area contributed by atoms with E-state index in [2.05, 4.69) is 4.98 Å². The van der Waals surface area contributed by atoms with E-state index in [0.717, 1.165) is 35.1 Å². The lowest BCUT2D eigenvalue weighted by atomic mass is 9.93. The molecule has 1 amide bonds. The second-order valence-corrected chi connectivity index (χ2v) is 6.31. The van der Waals surface area contributed by atoms with Crippen molar-refractivity contribution in [2.75, 3.05) is 11.9 Å². The average Bonchev–Trinajstić information content (AvgIpc) is 2.93. The number of halogens is 1. The van der Waals surface area contributed by atoms with E-state index in [0.29, 0.717) is 24.1 Å². The summed E-state index contributed by atoms with van der Waals surface area (Å²) in [6.45, 7) is 0. The Bertz CT molecular complexity index is 818. The molecule has 2 aliphatic rings. The molecule has 1 aliphatic heterocycles. The highest BCUT2D eigenvalue weighted by atomic mass is 19.1. The number of fused-ring (bicyclic) bond motifs is 2. The Morgan fingerprint density at radius 1 is 1.22 bits per heavy atom. The third kappa shape index (κ3) is 2.15. The Hall–Kier alpha value is -2.27. The molecule has 2 N–H and O–H groups in total. The van der Waals surface area contributed by atoms with E-state index in [4.69, 9.17) is 5.73 Å². The highest BCUT2D eigenvalue weighted by molar-refractivity contribution is 5.96. The van der Waals surface area contributed by atoms with Crippen LogP contribution in [0.2, 0.25) is 0 Å². The van der Waals surface area contributed by atoms with Crippen LogP contribution in [0.5, 0.6) is 0 Å². The normalized spacial score (nSPS) is 19.7. The molecular weight excluding hydrogens is 293 g/mol. The molecule has 4 rings (SSSR count). The zero-order valence-electron chi connectivity index (χ0n) is 13.0. The van der Waals surface area contributed by atoms with Crippen molar-refractivity contribution >= 4 is 11.6 Å². The predicted molar refractivity (Wildman–Crippen MR) is 86.6 cm³/mol. The van der Waals surface area contributed by atoms with Gasteiger partial charge in [0.25, 0.3) is 0 Å². The summed E-state index contributed by atoms with van der Waals surface area (Å²) in [7, 11) is 1.69. The second-order valence-electron chi connectivity index (χ2n) is 6.31. The van der Waals surface area contributed by atoms with Crippen LogP contribution in [-0.4, -0.2) is 17.9 Å². The van der Waals surface area contributed by atoms with E-state index in [1.165, 1.54) is 11.0 Å².